The normalized spacial score (nSPS) is 10.6. The average molecular weight is 329 g/mol. The molecule has 0 aliphatic rings. The predicted octanol–water partition coefficient (Wildman–Crippen LogP) is 3.10. The van der Waals surface area contributed by atoms with Gasteiger partial charge >= 0.3 is 5.97 Å². The molecule has 3 aromatic rings. The van der Waals surface area contributed by atoms with E-state index in [1.807, 2.05) is 36.6 Å². The van der Waals surface area contributed by atoms with E-state index >= 15 is 0 Å². The minimum atomic E-state index is -0.459. The third-order valence-corrected chi connectivity index (χ3v) is 4.16. The first-order chi connectivity index (χ1) is 11.1. The molecule has 0 aliphatic heterocycles. The molecule has 2 aromatic heterocycles. The molecule has 118 valence electrons. The van der Waals surface area contributed by atoms with Gasteiger partial charge < -0.3 is 9.47 Å². The van der Waals surface area contributed by atoms with Crippen molar-refractivity contribution in [3.05, 3.63) is 47.1 Å². The summed E-state index contributed by atoms with van der Waals surface area (Å²) in [6.45, 7) is 1.87. The first-order valence-electron chi connectivity index (χ1n) is 6.87. The predicted molar refractivity (Wildman–Crippen MR) is 87.3 cm³/mol. The highest BCUT2D eigenvalue weighted by molar-refractivity contribution is 7.12. The number of carbonyl (C=O) groups is 1. The van der Waals surface area contributed by atoms with Crippen LogP contribution >= 0.6 is 11.3 Å². The van der Waals surface area contributed by atoms with Crippen LogP contribution in [0.3, 0.4) is 0 Å². The van der Waals surface area contributed by atoms with Gasteiger partial charge in [0.05, 0.1) is 19.9 Å². The second kappa shape index (κ2) is 6.21. The van der Waals surface area contributed by atoms with Crippen molar-refractivity contribution < 1.29 is 14.3 Å². The number of esters is 1. The number of carbonyl (C=O) groups excluding carboxylic acids is 1. The first kappa shape index (κ1) is 15.2. The second-order valence-electron chi connectivity index (χ2n) is 4.82. The highest BCUT2D eigenvalue weighted by Crippen LogP contribution is 2.26. The van der Waals surface area contributed by atoms with Gasteiger partial charge in [-0.1, -0.05) is 0 Å². The summed E-state index contributed by atoms with van der Waals surface area (Å²) < 4.78 is 11.5. The zero-order valence-corrected chi connectivity index (χ0v) is 13.8. The number of hydrogen-bond acceptors (Lipinski definition) is 6. The Kier molecular flexibility index (Phi) is 4.12. The van der Waals surface area contributed by atoms with Crippen molar-refractivity contribution in [1.82, 2.24) is 14.8 Å². The molecule has 0 unspecified atom stereocenters. The lowest BCUT2D eigenvalue weighted by Crippen LogP contribution is -2.04. The van der Waals surface area contributed by atoms with Crippen molar-refractivity contribution in [2.75, 3.05) is 14.2 Å². The molecule has 0 N–H and O–H groups in total. The van der Waals surface area contributed by atoms with Crippen molar-refractivity contribution in [1.29, 1.82) is 0 Å². The molecular weight excluding hydrogens is 314 g/mol. The summed E-state index contributed by atoms with van der Waals surface area (Å²) in [5.74, 6) is 0.341. The molecule has 0 amide bonds. The zero-order valence-electron chi connectivity index (χ0n) is 12.9. The Balaban J connectivity index is 1.92. The van der Waals surface area contributed by atoms with Crippen molar-refractivity contribution in [2.24, 2.45) is 0 Å². The molecule has 0 aliphatic carbocycles. The fraction of sp³-hybridized carbons (Fsp3) is 0.188. The summed E-state index contributed by atoms with van der Waals surface area (Å²) in [6, 6.07) is 9.37. The molecule has 0 bridgehead atoms. The zero-order chi connectivity index (χ0) is 16.4. The van der Waals surface area contributed by atoms with Gasteiger partial charge in [0.25, 0.3) is 0 Å². The van der Waals surface area contributed by atoms with Gasteiger partial charge in [0, 0.05) is 16.6 Å². The van der Waals surface area contributed by atoms with Crippen LogP contribution in [0.2, 0.25) is 0 Å². The summed E-state index contributed by atoms with van der Waals surface area (Å²) in [7, 11) is 2.97. The topological polar surface area (TPSA) is 66.2 Å². The molecule has 0 spiro atoms. The van der Waals surface area contributed by atoms with Gasteiger partial charge in [-0.05, 0) is 37.3 Å². The van der Waals surface area contributed by atoms with Crippen LogP contribution in [-0.2, 0) is 4.74 Å². The number of hydrogen-bond donors (Lipinski definition) is 0. The van der Waals surface area contributed by atoms with Crippen molar-refractivity contribution in [3.8, 4) is 22.1 Å². The quantitative estimate of drug-likeness (QED) is 0.688. The SMILES string of the molecule is COC(=O)c1cc(C)n(-c2nc(-c3ccc(OC)cc3)cs2)n1. The van der Waals surface area contributed by atoms with Gasteiger partial charge in [-0.2, -0.15) is 5.10 Å². The van der Waals surface area contributed by atoms with E-state index in [0.717, 1.165) is 22.7 Å². The van der Waals surface area contributed by atoms with Crippen LogP contribution in [0.25, 0.3) is 16.4 Å². The molecule has 0 saturated carbocycles. The fourth-order valence-electron chi connectivity index (χ4n) is 2.13. The lowest BCUT2D eigenvalue weighted by Gasteiger charge is -2.01. The van der Waals surface area contributed by atoms with Gasteiger partial charge in [0.15, 0.2) is 5.69 Å². The van der Waals surface area contributed by atoms with Crippen LogP contribution in [0.1, 0.15) is 16.2 Å². The molecular formula is C16H15N3O3S. The Bertz CT molecular complexity index is 837. The van der Waals surface area contributed by atoms with Crippen LogP contribution in [0.15, 0.2) is 35.7 Å². The number of aryl methyl sites for hydroxylation is 1. The Labute approximate surface area is 137 Å². The van der Waals surface area contributed by atoms with Gasteiger partial charge in [-0.25, -0.2) is 14.5 Å². The van der Waals surface area contributed by atoms with E-state index in [2.05, 4.69) is 10.1 Å². The summed E-state index contributed by atoms with van der Waals surface area (Å²) in [5, 5.41) is 6.91. The summed E-state index contributed by atoms with van der Waals surface area (Å²) in [6.07, 6.45) is 0. The number of rotatable bonds is 4. The Morgan fingerprint density at radius 1 is 1.22 bits per heavy atom. The van der Waals surface area contributed by atoms with E-state index in [1.54, 1.807) is 17.9 Å². The fourth-order valence-corrected chi connectivity index (χ4v) is 2.97. The third kappa shape index (κ3) is 2.95. The molecule has 7 heteroatoms. The van der Waals surface area contributed by atoms with E-state index in [-0.39, 0.29) is 5.69 Å². The van der Waals surface area contributed by atoms with Crippen molar-refractivity contribution in [3.63, 3.8) is 0 Å². The lowest BCUT2D eigenvalue weighted by atomic mass is 10.2. The minimum absolute atomic E-state index is 0.270. The Morgan fingerprint density at radius 3 is 2.61 bits per heavy atom. The van der Waals surface area contributed by atoms with E-state index < -0.39 is 5.97 Å². The maximum atomic E-state index is 11.6. The molecule has 0 saturated heterocycles. The number of thiazole rings is 1. The van der Waals surface area contributed by atoms with Crippen LogP contribution in [-0.4, -0.2) is 35.0 Å². The molecule has 2 heterocycles. The van der Waals surface area contributed by atoms with Crippen LogP contribution < -0.4 is 4.74 Å². The molecule has 23 heavy (non-hydrogen) atoms. The molecule has 6 nitrogen and oxygen atoms in total. The number of ether oxygens (including phenoxy) is 2. The highest BCUT2D eigenvalue weighted by Gasteiger charge is 2.15. The van der Waals surface area contributed by atoms with E-state index in [1.165, 1.54) is 18.4 Å². The van der Waals surface area contributed by atoms with Gasteiger partial charge in [-0.3, -0.25) is 0 Å². The van der Waals surface area contributed by atoms with Crippen LogP contribution in [0.5, 0.6) is 5.75 Å². The minimum Gasteiger partial charge on any atom is -0.497 e. The molecule has 1 aromatic carbocycles. The Morgan fingerprint density at radius 2 is 1.96 bits per heavy atom. The maximum Gasteiger partial charge on any atom is 0.358 e. The number of methoxy groups -OCH3 is 2. The second-order valence-corrected chi connectivity index (χ2v) is 5.65. The van der Waals surface area contributed by atoms with Crippen LogP contribution in [0, 0.1) is 6.92 Å². The van der Waals surface area contributed by atoms with Gasteiger partial charge in [0.2, 0.25) is 5.13 Å². The number of aromatic nitrogens is 3. The first-order valence-corrected chi connectivity index (χ1v) is 7.75. The summed E-state index contributed by atoms with van der Waals surface area (Å²) in [4.78, 5) is 16.2. The monoisotopic (exact) mass is 329 g/mol. The largest absolute Gasteiger partial charge is 0.497 e. The van der Waals surface area contributed by atoms with Gasteiger partial charge in [0.1, 0.15) is 5.75 Å². The van der Waals surface area contributed by atoms with Crippen LogP contribution in [0.4, 0.5) is 0 Å². The lowest BCUT2D eigenvalue weighted by molar-refractivity contribution is 0.0593. The van der Waals surface area contributed by atoms with Gasteiger partial charge in [-0.15, -0.1) is 11.3 Å². The Hall–Kier alpha value is -2.67. The standard InChI is InChI=1S/C16H15N3O3S/c1-10-8-13(15(20)22-3)18-19(10)16-17-14(9-23-16)11-4-6-12(21-2)7-5-11/h4-9H,1-3H3. The summed E-state index contributed by atoms with van der Waals surface area (Å²) in [5.41, 5.74) is 2.93. The number of benzene rings is 1. The third-order valence-electron chi connectivity index (χ3n) is 3.34. The van der Waals surface area contributed by atoms with Crippen molar-refractivity contribution in [2.45, 2.75) is 6.92 Å². The molecule has 0 fully saturated rings. The average Bonchev–Trinajstić information content (AvgIpc) is 3.21. The van der Waals surface area contributed by atoms with E-state index in [4.69, 9.17) is 9.47 Å². The summed E-state index contributed by atoms with van der Waals surface area (Å²) >= 11 is 1.46. The van der Waals surface area contributed by atoms with Crippen molar-refractivity contribution >= 4 is 17.3 Å². The molecule has 0 radical (unpaired) electrons. The highest BCUT2D eigenvalue weighted by atomic mass is 32.1. The number of nitrogens with zero attached hydrogens (tertiary/aromatic N) is 3. The van der Waals surface area contributed by atoms with E-state index in [0.29, 0.717) is 5.13 Å². The van der Waals surface area contributed by atoms with E-state index in [9.17, 15) is 4.79 Å². The smallest absolute Gasteiger partial charge is 0.358 e. The molecule has 0 atom stereocenters. The molecule has 3 rings (SSSR count). The maximum absolute atomic E-state index is 11.6.